The van der Waals surface area contributed by atoms with Crippen molar-refractivity contribution in [2.45, 2.75) is 45.7 Å². The van der Waals surface area contributed by atoms with Gasteiger partial charge in [-0.1, -0.05) is 24.3 Å². The Bertz CT molecular complexity index is 703. The van der Waals surface area contributed by atoms with Crippen LogP contribution in [0, 0.1) is 6.92 Å². The molecule has 2 aromatic rings. The third-order valence-electron chi connectivity index (χ3n) is 5.14. The molecule has 5 heteroatoms. The van der Waals surface area contributed by atoms with Crippen LogP contribution in [0.1, 0.15) is 36.7 Å². The molecule has 27 heavy (non-hydrogen) atoms. The van der Waals surface area contributed by atoms with Gasteiger partial charge in [-0.3, -0.25) is 9.89 Å². The lowest BCUT2D eigenvalue weighted by molar-refractivity contribution is 0.198. The van der Waals surface area contributed by atoms with Crippen molar-refractivity contribution >= 4 is 5.96 Å². The molecule has 1 aromatic heterocycles. The van der Waals surface area contributed by atoms with Crippen molar-refractivity contribution in [1.82, 2.24) is 15.5 Å². The van der Waals surface area contributed by atoms with E-state index >= 15 is 0 Å². The zero-order valence-electron chi connectivity index (χ0n) is 16.6. The van der Waals surface area contributed by atoms with Gasteiger partial charge < -0.3 is 15.1 Å². The van der Waals surface area contributed by atoms with Gasteiger partial charge in [-0.25, -0.2) is 0 Å². The molecule has 146 valence electrons. The van der Waals surface area contributed by atoms with Crippen LogP contribution in [0.25, 0.3) is 0 Å². The maximum absolute atomic E-state index is 5.38. The largest absolute Gasteiger partial charge is 0.469 e. The summed E-state index contributed by atoms with van der Waals surface area (Å²) in [6.45, 7) is 9.21. The van der Waals surface area contributed by atoms with Crippen molar-refractivity contribution < 1.29 is 4.42 Å². The third-order valence-corrected chi connectivity index (χ3v) is 5.14. The van der Waals surface area contributed by atoms with Gasteiger partial charge >= 0.3 is 0 Å². The monoisotopic (exact) mass is 368 g/mol. The van der Waals surface area contributed by atoms with Crippen LogP contribution >= 0.6 is 0 Å². The average Bonchev–Trinajstić information content (AvgIpc) is 3.19. The summed E-state index contributed by atoms with van der Waals surface area (Å²) >= 11 is 0. The Morgan fingerprint density at radius 3 is 2.70 bits per heavy atom. The first-order chi connectivity index (χ1) is 13.2. The lowest BCUT2D eigenvalue weighted by Crippen LogP contribution is -2.48. The fourth-order valence-corrected chi connectivity index (χ4v) is 3.51. The van der Waals surface area contributed by atoms with E-state index in [1.165, 1.54) is 11.1 Å². The summed E-state index contributed by atoms with van der Waals surface area (Å²) in [4.78, 5) is 7.26. The summed E-state index contributed by atoms with van der Waals surface area (Å²) in [5.41, 5.74) is 2.83. The van der Waals surface area contributed by atoms with Crippen LogP contribution in [0.15, 0.2) is 52.1 Å². The molecular weight excluding hydrogens is 336 g/mol. The Balaban J connectivity index is 1.45. The van der Waals surface area contributed by atoms with Crippen molar-refractivity contribution in [3.8, 4) is 0 Å². The summed E-state index contributed by atoms with van der Waals surface area (Å²) in [5, 5.41) is 6.98. The molecule has 1 aliphatic heterocycles. The molecule has 2 N–H and O–H groups in total. The molecular formula is C22H32N4O. The van der Waals surface area contributed by atoms with Gasteiger partial charge in [0.2, 0.25) is 0 Å². The van der Waals surface area contributed by atoms with Crippen LogP contribution in [0.5, 0.6) is 0 Å². The molecule has 1 fully saturated rings. The Morgan fingerprint density at radius 2 is 2.00 bits per heavy atom. The Hall–Kier alpha value is -2.27. The third kappa shape index (κ3) is 6.14. The standard InChI is InChI=1S/C22H32N4O/c1-3-23-22(24-13-10-21-9-6-16-27-21)25-20-11-14-26(15-12-20)17-19-8-5-4-7-18(19)2/h4-9,16,20H,3,10-15,17H2,1-2H3,(H2,23,24,25). The summed E-state index contributed by atoms with van der Waals surface area (Å²) in [6, 6.07) is 13.1. The van der Waals surface area contributed by atoms with Gasteiger partial charge in [0.1, 0.15) is 5.76 Å². The lowest BCUT2D eigenvalue weighted by Gasteiger charge is -2.33. The van der Waals surface area contributed by atoms with Crippen molar-refractivity contribution in [3.05, 3.63) is 59.5 Å². The number of rotatable bonds is 7. The molecule has 0 spiro atoms. The summed E-state index contributed by atoms with van der Waals surface area (Å²) in [6.07, 6.45) is 4.84. The first-order valence-corrected chi connectivity index (χ1v) is 10.1. The number of nitrogens with zero attached hydrogens (tertiary/aromatic N) is 2. The van der Waals surface area contributed by atoms with E-state index in [-0.39, 0.29) is 0 Å². The molecule has 1 saturated heterocycles. The number of piperidine rings is 1. The van der Waals surface area contributed by atoms with Crippen LogP contribution in [0.2, 0.25) is 0 Å². The van der Waals surface area contributed by atoms with E-state index < -0.39 is 0 Å². The summed E-state index contributed by atoms with van der Waals surface area (Å²) in [7, 11) is 0. The van der Waals surface area contributed by atoms with Crippen LogP contribution in [0.4, 0.5) is 0 Å². The van der Waals surface area contributed by atoms with Gasteiger partial charge in [-0.2, -0.15) is 0 Å². The Kier molecular flexibility index (Phi) is 7.34. The van der Waals surface area contributed by atoms with E-state index in [9.17, 15) is 0 Å². The van der Waals surface area contributed by atoms with Crippen LogP contribution in [0.3, 0.4) is 0 Å². The van der Waals surface area contributed by atoms with E-state index in [1.54, 1.807) is 6.26 Å². The second-order valence-corrected chi connectivity index (χ2v) is 7.21. The first-order valence-electron chi connectivity index (χ1n) is 10.1. The van der Waals surface area contributed by atoms with Crippen LogP contribution in [-0.4, -0.2) is 43.1 Å². The van der Waals surface area contributed by atoms with Crippen molar-refractivity contribution in [1.29, 1.82) is 0 Å². The molecule has 0 bridgehead atoms. The van der Waals surface area contributed by atoms with E-state index in [0.29, 0.717) is 6.04 Å². The van der Waals surface area contributed by atoms with Crippen LogP contribution < -0.4 is 10.6 Å². The highest BCUT2D eigenvalue weighted by molar-refractivity contribution is 5.80. The highest BCUT2D eigenvalue weighted by atomic mass is 16.3. The molecule has 5 nitrogen and oxygen atoms in total. The fraction of sp³-hybridized carbons (Fsp3) is 0.500. The zero-order chi connectivity index (χ0) is 18.9. The smallest absolute Gasteiger partial charge is 0.191 e. The van der Waals surface area contributed by atoms with Gasteiger partial charge in [-0.05, 0) is 49.9 Å². The number of hydrogen-bond donors (Lipinski definition) is 2. The van der Waals surface area contributed by atoms with Gasteiger partial charge in [0.15, 0.2) is 5.96 Å². The number of benzene rings is 1. The van der Waals surface area contributed by atoms with Crippen molar-refractivity contribution in [2.24, 2.45) is 4.99 Å². The molecule has 0 amide bonds. The number of aliphatic imine (C=N–C) groups is 1. The van der Waals surface area contributed by atoms with Crippen molar-refractivity contribution in [2.75, 3.05) is 26.2 Å². The predicted molar refractivity (Wildman–Crippen MR) is 111 cm³/mol. The number of nitrogens with one attached hydrogen (secondary N) is 2. The molecule has 0 atom stereocenters. The topological polar surface area (TPSA) is 52.8 Å². The van der Waals surface area contributed by atoms with Gasteiger partial charge in [0.05, 0.1) is 6.26 Å². The Labute approximate surface area is 162 Å². The lowest BCUT2D eigenvalue weighted by atomic mass is 10.0. The predicted octanol–water partition coefficient (Wildman–Crippen LogP) is 3.35. The number of aryl methyl sites for hydroxylation is 1. The maximum atomic E-state index is 5.38. The molecule has 1 aromatic carbocycles. The molecule has 0 saturated carbocycles. The molecule has 2 heterocycles. The summed E-state index contributed by atoms with van der Waals surface area (Å²) < 4.78 is 5.38. The maximum Gasteiger partial charge on any atom is 0.191 e. The zero-order valence-corrected chi connectivity index (χ0v) is 16.6. The average molecular weight is 369 g/mol. The minimum absolute atomic E-state index is 0.486. The normalized spacial score (nSPS) is 16.4. The molecule has 0 unspecified atom stereocenters. The molecule has 0 radical (unpaired) electrons. The molecule has 3 rings (SSSR count). The number of likely N-dealkylation sites (tertiary alicyclic amines) is 1. The molecule has 1 aliphatic rings. The minimum atomic E-state index is 0.486. The van der Waals surface area contributed by atoms with Crippen molar-refractivity contribution in [3.63, 3.8) is 0 Å². The van der Waals surface area contributed by atoms with Gasteiger partial charge in [-0.15, -0.1) is 0 Å². The molecule has 0 aliphatic carbocycles. The number of guanidine groups is 1. The number of furan rings is 1. The Morgan fingerprint density at radius 1 is 1.19 bits per heavy atom. The highest BCUT2D eigenvalue weighted by Gasteiger charge is 2.20. The van der Waals surface area contributed by atoms with E-state index in [1.807, 2.05) is 12.1 Å². The SMILES string of the molecule is CCNC(=NCCc1ccco1)NC1CCN(Cc2ccccc2C)CC1. The van der Waals surface area contributed by atoms with Gasteiger partial charge in [0, 0.05) is 45.2 Å². The quantitative estimate of drug-likeness (QED) is 0.581. The van der Waals surface area contributed by atoms with Gasteiger partial charge in [0.25, 0.3) is 0 Å². The minimum Gasteiger partial charge on any atom is -0.469 e. The fourth-order valence-electron chi connectivity index (χ4n) is 3.51. The van der Waals surface area contributed by atoms with E-state index in [2.05, 4.69) is 53.6 Å². The second-order valence-electron chi connectivity index (χ2n) is 7.21. The highest BCUT2D eigenvalue weighted by Crippen LogP contribution is 2.16. The van der Waals surface area contributed by atoms with E-state index in [0.717, 1.165) is 63.7 Å². The van der Waals surface area contributed by atoms with E-state index in [4.69, 9.17) is 9.41 Å². The number of hydrogen-bond acceptors (Lipinski definition) is 3. The first kappa shape index (κ1) is 19.5. The summed E-state index contributed by atoms with van der Waals surface area (Å²) in [5.74, 6) is 1.90. The van der Waals surface area contributed by atoms with Crippen LogP contribution in [-0.2, 0) is 13.0 Å². The second kappa shape index (κ2) is 10.2.